The zero-order chi connectivity index (χ0) is 29.3. The van der Waals surface area contributed by atoms with Gasteiger partial charge in [-0.25, -0.2) is 4.79 Å². The number of fused-ring (bicyclic) bond motifs is 2. The molecular weight excluding hydrogens is 544 g/mol. The summed E-state index contributed by atoms with van der Waals surface area (Å²) in [6, 6.07) is 13.9. The molecule has 2 aromatic rings. The zero-order valence-electron chi connectivity index (χ0n) is 23.9. The van der Waals surface area contributed by atoms with Gasteiger partial charge in [-0.3, -0.25) is 19.6 Å². The highest BCUT2D eigenvalue weighted by atomic mass is 35.5. The van der Waals surface area contributed by atoms with E-state index < -0.39 is 23.1 Å². The second-order valence-corrected chi connectivity index (χ2v) is 11.7. The van der Waals surface area contributed by atoms with E-state index in [1.807, 2.05) is 82.3 Å². The van der Waals surface area contributed by atoms with Crippen LogP contribution in [0.25, 0.3) is 0 Å². The van der Waals surface area contributed by atoms with Gasteiger partial charge in [-0.05, 0) is 69.2 Å². The molecule has 214 valence electrons. The summed E-state index contributed by atoms with van der Waals surface area (Å²) in [6.07, 6.45) is 1.73. The molecule has 0 saturated carbocycles. The summed E-state index contributed by atoms with van der Waals surface area (Å²) in [6.45, 7) is 7.63. The molecule has 1 aliphatic carbocycles. The van der Waals surface area contributed by atoms with E-state index in [-0.39, 0.29) is 24.6 Å². The van der Waals surface area contributed by atoms with E-state index in [0.717, 1.165) is 11.1 Å². The lowest BCUT2D eigenvalue weighted by Gasteiger charge is -2.54. The predicted octanol–water partition coefficient (Wildman–Crippen LogP) is 5.36. The molecule has 2 aromatic carbocycles. The van der Waals surface area contributed by atoms with Crippen LogP contribution in [-0.2, 0) is 14.3 Å². The second kappa shape index (κ2) is 9.63. The molecule has 0 spiro atoms. The maximum Gasteiger partial charge on any atom is 0.330 e. The lowest BCUT2D eigenvalue weighted by atomic mass is 9.71. The Morgan fingerprint density at radius 2 is 1.80 bits per heavy atom. The average molecular weight is 577 g/mol. The number of urea groups is 1. The van der Waals surface area contributed by atoms with Crippen LogP contribution in [0.3, 0.4) is 0 Å². The molecule has 41 heavy (non-hydrogen) atoms. The Morgan fingerprint density at radius 1 is 1.07 bits per heavy atom. The number of carbonyl (C=O) groups excluding carboxylic acids is 2. The minimum atomic E-state index is -1.03. The van der Waals surface area contributed by atoms with Gasteiger partial charge in [0.25, 0.3) is 0 Å². The Kier molecular flexibility index (Phi) is 6.43. The number of hydrogen-bond acceptors (Lipinski definition) is 6. The summed E-state index contributed by atoms with van der Waals surface area (Å²) >= 11 is 6.26. The number of nitrogens with one attached hydrogen (secondary N) is 1. The van der Waals surface area contributed by atoms with E-state index in [0.29, 0.717) is 33.8 Å². The molecule has 1 saturated heterocycles. The quantitative estimate of drug-likeness (QED) is 0.500. The van der Waals surface area contributed by atoms with Crippen molar-refractivity contribution < 1.29 is 23.8 Å². The minimum absolute atomic E-state index is 0.136. The number of aliphatic imine (C=N–C) groups is 1. The van der Waals surface area contributed by atoms with Gasteiger partial charge in [0.15, 0.2) is 0 Å². The van der Waals surface area contributed by atoms with Crippen molar-refractivity contribution in [3.05, 3.63) is 87.9 Å². The molecule has 9 nitrogen and oxygen atoms in total. The predicted molar refractivity (Wildman–Crippen MR) is 154 cm³/mol. The summed E-state index contributed by atoms with van der Waals surface area (Å²) in [4.78, 5) is 36.2. The van der Waals surface area contributed by atoms with Gasteiger partial charge < -0.3 is 19.5 Å². The number of carbonyl (C=O) groups is 2. The maximum absolute atomic E-state index is 14.5. The number of amidine groups is 1. The van der Waals surface area contributed by atoms with Gasteiger partial charge in [0.05, 0.1) is 30.6 Å². The van der Waals surface area contributed by atoms with Gasteiger partial charge in [-0.2, -0.15) is 0 Å². The topological polar surface area (TPSA) is 92.7 Å². The van der Waals surface area contributed by atoms with E-state index in [4.69, 9.17) is 30.8 Å². The van der Waals surface area contributed by atoms with Crippen LogP contribution in [0.5, 0.6) is 5.75 Å². The third-order valence-electron chi connectivity index (χ3n) is 8.33. The Bertz CT molecular complexity index is 1530. The first-order chi connectivity index (χ1) is 19.5. The molecule has 1 fully saturated rings. The summed E-state index contributed by atoms with van der Waals surface area (Å²) in [5.74, 6) is 1.54. The van der Waals surface area contributed by atoms with Crippen molar-refractivity contribution >= 4 is 29.4 Å². The highest BCUT2D eigenvalue weighted by Crippen LogP contribution is 2.57. The number of rotatable bonds is 6. The van der Waals surface area contributed by atoms with Gasteiger partial charge in [0.2, 0.25) is 5.91 Å². The van der Waals surface area contributed by atoms with Crippen LogP contribution in [0.4, 0.5) is 4.79 Å². The molecule has 4 atom stereocenters. The van der Waals surface area contributed by atoms with Crippen LogP contribution in [0, 0.1) is 5.41 Å². The van der Waals surface area contributed by atoms with Crippen LogP contribution in [0.15, 0.2) is 76.8 Å². The lowest BCUT2D eigenvalue weighted by Crippen LogP contribution is -2.66. The van der Waals surface area contributed by atoms with Crippen molar-refractivity contribution in [2.75, 3.05) is 20.8 Å². The average Bonchev–Trinajstić information content (AvgIpc) is 3.36. The van der Waals surface area contributed by atoms with Crippen molar-refractivity contribution in [1.82, 2.24) is 15.1 Å². The first-order valence-electron chi connectivity index (χ1n) is 13.6. The van der Waals surface area contributed by atoms with Crippen molar-refractivity contribution in [2.45, 2.75) is 51.5 Å². The Hall–Kier alpha value is -3.82. The highest BCUT2D eigenvalue weighted by molar-refractivity contribution is 6.30. The summed E-state index contributed by atoms with van der Waals surface area (Å²) in [5.41, 5.74) is 0.838. The fourth-order valence-electron chi connectivity index (χ4n) is 6.33. The number of halogens is 1. The van der Waals surface area contributed by atoms with Gasteiger partial charge in [-0.1, -0.05) is 35.9 Å². The van der Waals surface area contributed by atoms with Crippen LogP contribution < -0.4 is 10.1 Å². The third kappa shape index (κ3) is 4.05. The van der Waals surface area contributed by atoms with E-state index in [9.17, 15) is 9.59 Å². The molecule has 3 heterocycles. The third-order valence-corrected chi connectivity index (χ3v) is 8.58. The molecule has 3 amide bonds. The summed E-state index contributed by atoms with van der Waals surface area (Å²) < 4.78 is 17.9. The van der Waals surface area contributed by atoms with E-state index in [1.54, 1.807) is 24.0 Å². The fourth-order valence-corrected chi connectivity index (χ4v) is 6.45. The van der Waals surface area contributed by atoms with Gasteiger partial charge >= 0.3 is 6.03 Å². The van der Waals surface area contributed by atoms with E-state index in [1.165, 1.54) is 0 Å². The standard InChI is InChI=1S/C31H33ClN4O5/c1-17(2)41-22-15-30(3,40-6)26-27-31(22,4)28-34-24(19-8-7-9-21(14-19)39-5)25(18-10-12-20(32)13-11-18)36(28)29(38)35(27)16-23(37)33-26/h7-15,17,24-25H,16H2,1-6H3,(H,33,37)/t24-,25+,30?,31?/m0/s1. The molecule has 4 aliphatic rings. The van der Waals surface area contributed by atoms with Crippen molar-refractivity contribution in [2.24, 2.45) is 10.4 Å². The second-order valence-electron chi connectivity index (χ2n) is 11.3. The molecule has 6 rings (SSSR count). The zero-order valence-corrected chi connectivity index (χ0v) is 24.7. The molecule has 10 heteroatoms. The fraction of sp³-hybridized carbons (Fsp3) is 0.387. The Labute approximate surface area is 244 Å². The van der Waals surface area contributed by atoms with Gasteiger partial charge in [-0.15, -0.1) is 0 Å². The SMILES string of the molecule is COc1cccc([C@@H]2N=C3N(C(=O)N4CC(=O)NC5=C4C3(C)C(OC(C)C)=CC5(C)OC)[C@@H]2c2ccc(Cl)cc2)c1. The number of ether oxygens (including phenoxy) is 3. The van der Waals surface area contributed by atoms with Crippen LogP contribution in [0.1, 0.15) is 50.9 Å². The summed E-state index contributed by atoms with van der Waals surface area (Å²) in [5, 5.41) is 3.60. The van der Waals surface area contributed by atoms with Crippen molar-refractivity contribution in [1.29, 1.82) is 0 Å². The highest BCUT2D eigenvalue weighted by Gasteiger charge is 2.63. The van der Waals surface area contributed by atoms with E-state index >= 15 is 0 Å². The number of benzene rings is 2. The van der Waals surface area contributed by atoms with E-state index in [2.05, 4.69) is 5.32 Å². The molecule has 3 aliphatic heterocycles. The first kappa shape index (κ1) is 27.4. The number of amides is 3. The molecule has 0 aromatic heterocycles. The number of methoxy groups -OCH3 is 2. The Morgan fingerprint density at radius 3 is 2.46 bits per heavy atom. The largest absolute Gasteiger partial charge is 0.497 e. The normalized spacial score (nSPS) is 28.7. The number of nitrogens with zero attached hydrogens (tertiary/aromatic N) is 3. The minimum Gasteiger partial charge on any atom is -0.497 e. The van der Waals surface area contributed by atoms with Crippen molar-refractivity contribution in [3.63, 3.8) is 0 Å². The molecule has 0 radical (unpaired) electrons. The lowest BCUT2D eigenvalue weighted by molar-refractivity contribution is -0.123. The summed E-state index contributed by atoms with van der Waals surface area (Å²) in [7, 11) is 3.19. The molecule has 1 N–H and O–H groups in total. The molecule has 0 bridgehead atoms. The monoisotopic (exact) mass is 576 g/mol. The Balaban J connectivity index is 1.63. The van der Waals surface area contributed by atoms with Gasteiger partial charge in [0.1, 0.15) is 40.9 Å². The van der Waals surface area contributed by atoms with Crippen LogP contribution in [-0.4, -0.2) is 60.0 Å². The van der Waals surface area contributed by atoms with Crippen LogP contribution in [0.2, 0.25) is 5.02 Å². The van der Waals surface area contributed by atoms with Crippen LogP contribution >= 0.6 is 11.6 Å². The number of hydrogen-bond donors (Lipinski definition) is 1. The van der Waals surface area contributed by atoms with Gasteiger partial charge in [0, 0.05) is 12.1 Å². The smallest absolute Gasteiger partial charge is 0.330 e. The molecular formula is C31H33ClN4O5. The van der Waals surface area contributed by atoms with Crippen molar-refractivity contribution in [3.8, 4) is 5.75 Å². The first-order valence-corrected chi connectivity index (χ1v) is 14.0. The maximum atomic E-state index is 14.5. The molecule has 2 unspecified atom stereocenters.